The summed E-state index contributed by atoms with van der Waals surface area (Å²) in [6, 6.07) is 3.73. The Hall–Kier alpha value is -1.58. The molecule has 1 aromatic rings. The largest absolute Gasteiger partial charge is 0.373 e. The zero-order valence-corrected chi connectivity index (χ0v) is 13.0. The van der Waals surface area contributed by atoms with Crippen molar-refractivity contribution in [3.8, 4) is 0 Å². The Morgan fingerprint density at radius 3 is 2.48 bits per heavy atom. The minimum absolute atomic E-state index is 0.0369. The van der Waals surface area contributed by atoms with Gasteiger partial charge in [-0.05, 0) is 62.0 Å². The van der Waals surface area contributed by atoms with Crippen LogP contribution in [0.5, 0.6) is 0 Å². The molecule has 0 radical (unpaired) electrons. The van der Waals surface area contributed by atoms with Crippen molar-refractivity contribution >= 4 is 11.7 Å². The topological polar surface area (TPSA) is 54.0 Å². The van der Waals surface area contributed by atoms with E-state index >= 15 is 0 Å². The Morgan fingerprint density at radius 1 is 1.29 bits per heavy atom. The smallest absolute Gasteiger partial charge is 0.251 e. The Morgan fingerprint density at radius 2 is 1.95 bits per heavy atom. The zero-order chi connectivity index (χ0) is 14.8. The third kappa shape index (κ3) is 3.55. The van der Waals surface area contributed by atoms with Gasteiger partial charge in [-0.1, -0.05) is 6.92 Å². The minimum Gasteiger partial charge on any atom is -0.373 e. The van der Waals surface area contributed by atoms with E-state index in [2.05, 4.69) is 22.5 Å². The molecular formula is C17H25N3O. The van der Waals surface area contributed by atoms with Crippen molar-refractivity contribution in [3.05, 3.63) is 23.4 Å². The van der Waals surface area contributed by atoms with E-state index in [1.807, 2.05) is 19.2 Å². The normalized spacial score (nSPS) is 17.9. The molecule has 0 spiro atoms. The van der Waals surface area contributed by atoms with Gasteiger partial charge in [-0.25, -0.2) is 4.98 Å². The van der Waals surface area contributed by atoms with E-state index in [1.165, 1.54) is 25.7 Å². The molecule has 0 aromatic carbocycles. The summed E-state index contributed by atoms with van der Waals surface area (Å²) in [6.45, 7) is 2.90. The second-order valence-corrected chi connectivity index (χ2v) is 6.38. The summed E-state index contributed by atoms with van der Waals surface area (Å²) < 4.78 is 0. The lowest BCUT2D eigenvalue weighted by Crippen LogP contribution is -2.31. The Balaban J connectivity index is 1.64. The molecule has 1 heterocycles. The van der Waals surface area contributed by atoms with E-state index in [0.29, 0.717) is 5.92 Å². The van der Waals surface area contributed by atoms with Crippen LogP contribution in [0.2, 0.25) is 0 Å². The predicted molar refractivity (Wildman–Crippen MR) is 84.4 cm³/mol. The van der Waals surface area contributed by atoms with Crippen LogP contribution in [0.3, 0.4) is 0 Å². The molecule has 21 heavy (non-hydrogen) atoms. The number of carbonyl (C=O) groups excluding carboxylic acids is 1. The van der Waals surface area contributed by atoms with E-state index in [1.54, 1.807) is 0 Å². The van der Waals surface area contributed by atoms with Gasteiger partial charge >= 0.3 is 0 Å². The molecule has 0 bridgehead atoms. The summed E-state index contributed by atoms with van der Waals surface area (Å²) in [5.41, 5.74) is 1.67. The molecule has 0 aliphatic heterocycles. The number of hydrogen-bond donors (Lipinski definition) is 2. The fourth-order valence-electron chi connectivity index (χ4n) is 3.11. The summed E-state index contributed by atoms with van der Waals surface area (Å²) in [7, 11) is 1.83. The fraction of sp³-hybridized carbons (Fsp3) is 0.647. The van der Waals surface area contributed by atoms with Gasteiger partial charge in [0, 0.05) is 24.8 Å². The number of aromatic nitrogens is 1. The maximum absolute atomic E-state index is 12.4. The van der Waals surface area contributed by atoms with Gasteiger partial charge in [-0.15, -0.1) is 0 Å². The van der Waals surface area contributed by atoms with Crippen LogP contribution in [0.15, 0.2) is 12.1 Å². The number of aryl methyl sites for hydroxylation is 1. The predicted octanol–water partition coefficient (Wildman–Crippen LogP) is 2.85. The molecular weight excluding hydrogens is 262 g/mol. The molecule has 114 valence electrons. The quantitative estimate of drug-likeness (QED) is 0.811. The van der Waals surface area contributed by atoms with E-state index < -0.39 is 0 Å². The number of carbonyl (C=O) groups is 1. The zero-order valence-electron chi connectivity index (χ0n) is 13.0. The number of amides is 1. The van der Waals surface area contributed by atoms with Crippen LogP contribution in [-0.2, 0) is 6.42 Å². The van der Waals surface area contributed by atoms with E-state index in [9.17, 15) is 4.79 Å². The standard InChI is InChI=1S/C17H25N3O/c1-3-14-8-13(9-16(18-2)20-14)17(21)19-10-15(11-4-5-11)12-6-7-12/h8-9,11-12,15H,3-7,10H2,1-2H3,(H,18,20)(H,19,21). The molecule has 4 heteroatoms. The van der Waals surface area contributed by atoms with E-state index in [4.69, 9.17) is 0 Å². The molecule has 1 amide bonds. The molecule has 2 N–H and O–H groups in total. The van der Waals surface area contributed by atoms with E-state index in [-0.39, 0.29) is 5.91 Å². The highest BCUT2D eigenvalue weighted by Gasteiger charge is 2.41. The maximum Gasteiger partial charge on any atom is 0.251 e. The molecule has 4 nitrogen and oxygen atoms in total. The van der Waals surface area contributed by atoms with Gasteiger partial charge in [0.15, 0.2) is 0 Å². The second-order valence-electron chi connectivity index (χ2n) is 6.38. The van der Waals surface area contributed by atoms with Crippen molar-refractivity contribution in [2.75, 3.05) is 18.9 Å². The molecule has 0 unspecified atom stereocenters. The first-order valence-corrected chi connectivity index (χ1v) is 8.18. The molecule has 3 rings (SSSR count). The highest BCUT2D eigenvalue weighted by molar-refractivity contribution is 5.95. The summed E-state index contributed by atoms with van der Waals surface area (Å²) in [5, 5.41) is 6.18. The lowest BCUT2D eigenvalue weighted by Gasteiger charge is -2.16. The van der Waals surface area contributed by atoms with Crippen molar-refractivity contribution < 1.29 is 4.79 Å². The van der Waals surface area contributed by atoms with Gasteiger partial charge in [-0.2, -0.15) is 0 Å². The number of anilines is 1. The molecule has 0 atom stereocenters. The first-order chi connectivity index (χ1) is 10.2. The maximum atomic E-state index is 12.4. The first-order valence-electron chi connectivity index (χ1n) is 8.18. The van der Waals surface area contributed by atoms with Crippen LogP contribution in [0.4, 0.5) is 5.82 Å². The van der Waals surface area contributed by atoms with E-state index in [0.717, 1.165) is 41.9 Å². The van der Waals surface area contributed by atoms with Crippen molar-refractivity contribution in [2.24, 2.45) is 17.8 Å². The lowest BCUT2D eigenvalue weighted by atomic mass is 9.98. The highest BCUT2D eigenvalue weighted by Crippen LogP contribution is 2.48. The fourth-order valence-corrected chi connectivity index (χ4v) is 3.11. The van der Waals surface area contributed by atoms with Gasteiger partial charge in [0.05, 0.1) is 0 Å². The molecule has 0 saturated heterocycles. The van der Waals surface area contributed by atoms with Crippen LogP contribution in [-0.4, -0.2) is 24.5 Å². The summed E-state index contributed by atoms with van der Waals surface area (Å²) in [6.07, 6.45) is 6.27. The third-order valence-corrected chi connectivity index (χ3v) is 4.71. The van der Waals surface area contributed by atoms with Crippen LogP contribution in [0, 0.1) is 17.8 Å². The Bertz CT molecular complexity index is 487. The molecule has 2 fully saturated rings. The van der Waals surface area contributed by atoms with Crippen LogP contribution < -0.4 is 10.6 Å². The number of pyridine rings is 1. The van der Waals surface area contributed by atoms with Gasteiger partial charge in [0.2, 0.25) is 0 Å². The van der Waals surface area contributed by atoms with Crippen molar-refractivity contribution in [3.63, 3.8) is 0 Å². The third-order valence-electron chi connectivity index (χ3n) is 4.71. The number of rotatable bonds is 7. The second kappa shape index (κ2) is 6.04. The SMILES string of the molecule is CCc1cc(C(=O)NCC(C2CC2)C2CC2)cc(NC)n1. The van der Waals surface area contributed by atoms with Crippen LogP contribution in [0.1, 0.15) is 48.7 Å². The molecule has 2 aliphatic carbocycles. The Labute approximate surface area is 126 Å². The molecule has 1 aromatic heterocycles. The van der Waals surface area contributed by atoms with Gasteiger partial charge < -0.3 is 10.6 Å². The first kappa shape index (κ1) is 14.4. The van der Waals surface area contributed by atoms with Crippen molar-refractivity contribution in [1.29, 1.82) is 0 Å². The lowest BCUT2D eigenvalue weighted by molar-refractivity contribution is 0.0943. The van der Waals surface area contributed by atoms with Crippen LogP contribution >= 0.6 is 0 Å². The van der Waals surface area contributed by atoms with Gasteiger partial charge in [0.25, 0.3) is 5.91 Å². The molecule has 2 aliphatic rings. The monoisotopic (exact) mass is 287 g/mol. The average Bonchev–Trinajstić information content (AvgIpc) is 3.38. The number of nitrogens with zero attached hydrogens (tertiary/aromatic N) is 1. The van der Waals surface area contributed by atoms with Gasteiger partial charge in [0.1, 0.15) is 5.82 Å². The summed E-state index contributed by atoms with van der Waals surface area (Å²) in [4.78, 5) is 16.8. The highest BCUT2D eigenvalue weighted by atomic mass is 16.1. The number of nitrogens with one attached hydrogen (secondary N) is 2. The Kier molecular flexibility index (Phi) is 4.13. The van der Waals surface area contributed by atoms with Crippen molar-refractivity contribution in [2.45, 2.75) is 39.0 Å². The number of hydrogen-bond acceptors (Lipinski definition) is 3. The van der Waals surface area contributed by atoms with Crippen molar-refractivity contribution in [1.82, 2.24) is 10.3 Å². The average molecular weight is 287 g/mol. The minimum atomic E-state index is 0.0369. The summed E-state index contributed by atoms with van der Waals surface area (Å²) >= 11 is 0. The molecule has 2 saturated carbocycles. The summed E-state index contributed by atoms with van der Waals surface area (Å²) in [5.74, 6) is 3.25. The van der Waals surface area contributed by atoms with Crippen LogP contribution in [0.25, 0.3) is 0 Å². The van der Waals surface area contributed by atoms with Gasteiger partial charge in [-0.3, -0.25) is 4.79 Å².